The van der Waals surface area contributed by atoms with E-state index in [-0.39, 0.29) is 5.91 Å². The van der Waals surface area contributed by atoms with Crippen molar-refractivity contribution in [2.24, 2.45) is 0 Å². The standard InChI is InChI=1S/C8H10N2O/c1-10-5-3-7-6(8(10)11)2-4-9-7/h2,4,9H,3,5H2,1H3. The molecule has 0 unspecified atom stereocenters. The molecule has 0 aliphatic carbocycles. The first-order valence-corrected chi connectivity index (χ1v) is 3.71. The minimum Gasteiger partial charge on any atom is -0.364 e. The van der Waals surface area contributed by atoms with Gasteiger partial charge >= 0.3 is 0 Å². The van der Waals surface area contributed by atoms with Crippen LogP contribution in [0, 0.1) is 0 Å². The Labute approximate surface area is 65.0 Å². The van der Waals surface area contributed by atoms with E-state index in [0.29, 0.717) is 0 Å². The average Bonchev–Trinajstić information content (AvgIpc) is 2.45. The van der Waals surface area contributed by atoms with Crippen LogP contribution in [0.15, 0.2) is 12.3 Å². The molecule has 1 aliphatic rings. The zero-order valence-electron chi connectivity index (χ0n) is 6.42. The molecule has 0 spiro atoms. The lowest BCUT2D eigenvalue weighted by Crippen LogP contribution is -2.33. The summed E-state index contributed by atoms with van der Waals surface area (Å²) in [6.45, 7) is 0.826. The molecule has 1 aromatic rings. The van der Waals surface area contributed by atoms with E-state index >= 15 is 0 Å². The van der Waals surface area contributed by atoms with Gasteiger partial charge in [-0.2, -0.15) is 0 Å². The van der Waals surface area contributed by atoms with E-state index in [9.17, 15) is 4.79 Å². The Hall–Kier alpha value is -1.25. The van der Waals surface area contributed by atoms with Crippen LogP contribution in [0.25, 0.3) is 0 Å². The first kappa shape index (κ1) is 6.46. The fourth-order valence-electron chi connectivity index (χ4n) is 1.40. The third kappa shape index (κ3) is 0.843. The van der Waals surface area contributed by atoms with Crippen molar-refractivity contribution >= 4 is 5.91 Å². The molecule has 1 aromatic heterocycles. The second-order valence-corrected chi connectivity index (χ2v) is 2.85. The van der Waals surface area contributed by atoms with Gasteiger partial charge in [0.2, 0.25) is 0 Å². The van der Waals surface area contributed by atoms with Gasteiger partial charge < -0.3 is 9.88 Å². The highest BCUT2D eigenvalue weighted by Gasteiger charge is 2.21. The molecule has 0 atom stereocenters. The molecule has 0 radical (unpaired) electrons. The van der Waals surface area contributed by atoms with E-state index < -0.39 is 0 Å². The van der Waals surface area contributed by atoms with Gasteiger partial charge in [0.05, 0.1) is 5.56 Å². The largest absolute Gasteiger partial charge is 0.364 e. The van der Waals surface area contributed by atoms with Crippen LogP contribution in [0.2, 0.25) is 0 Å². The highest BCUT2D eigenvalue weighted by atomic mass is 16.2. The number of H-pyrrole nitrogens is 1. The van der Waals surface area contributed by atoms with Crippen LogP contribution in [0.3, 0.4) is 0 Å². The second-order valence-electron chi connectivity index (χ2n) is 2.85. The topological polar surface area (TPSA) is 36.1 Å². The number of hydrogen-bond donors (Lipinski definition) is 1. The first-order chi connectivity index (χ1) is 5.29. The lowest BCUT2D eigenvalue weighted by atomic mass is 10.1. The molecule has 0 saturated heterocycles. The highest BCUT2D eigenvalue weighted by Crippen LogP contribution is 2.15. The highest BCUT2D eigenvalue weighted by molar-refractivity contribution is 5.96. The van der Waals surface area contributed by atoms with Crippen molar-refractivity contribution in [2.45, 2.75) is 6.42 Å². The van der Waals surface area contributed by atoms with Gasteiger partial charge in [-0.15, -0.1) is 0 Å². The molecule has 1 N–H and O–H groups in total. The van der Waals surface area contributed by atoms with Crippen molar-refractivity contribution in [1.29, 1.82) is 0 Å². The number of amides is 1. The zero-order chi connectivity index (χ0) is 7.84. The molecule has 0 bridgehead atoms. The number of rotatable bonds is 0. The Morgan fingerprint density at radius 2 is 2.45 bits per heavy atom. The fourth-order valence-corrected chi connectivity index (χ4v) is 1.40. The number of likely N-dealkylation sites (N-methyl/N-ethyl adjacent to an activating group) is 1. The molecule has 0 saturated carbocycles. The number of nitrogens with one attached hydrogen (secondary N) is 1. The van der Waals surface area contributed by atoms with Gasteiger partial charge in [-0.05, 0) is 6.07 Å². The van der Waals surface area contributed by atoms with Crippen LogP contribution < -0.4 is 0 Å². The third-order valence-corrected chi connectivity index (χ3v) is 2.11. The number of nitrogens with zero attached hydrogens (tertiary/aromatic N) is 1. The average molecular weight is 150 g/mol. The molecule has 1 aliphatic heterocycles. The van der Waals surface area contributed by atoms with Crippen LogP contribution in [0.1, 0.15) is 16.1 Å². The molecule has 2 rings (SSSR count). The smallest absolute Gasteiger partial charge is 0.255 e. The summed E-state index contributed by atoms with van der Waals surface area (Å²) in [4.78, 5) is 16.2. The van der Waals surface area contributed by atoms with Gasteiger partial charge in [-0.25, -0.2) is 0 Å². The summed E-state index contributed by atoms with van der Waals surface area (Å²) in [6, 6.07) is 1.84. The van der Waals surface area contributed by atoms with E-state index in [1.54, 1.807) is 4.90 Å². The van der Waals surface area contributed by atoms with E-state index in [0.717, 1.165) is 24.2 Å². The van der Waals surface area contributed by atoms with Crippen LogP contribution in [-0.4, -0.2) is 29.4 Å². The van der Waals surface area contributed by atoms with Crippen molar-refractivity contribution < 1.29 is 4.79 Å². The van der Waals surface area contributed by atoms with Gasteiger partial charge in [-0.3, -0.25) is 4.79 Å². The molecular formula is C8H10N2O. The van der Waals surface area contributed by atoms with Gasteiger partial charge in [0.25, 0.3) is 5.91 Å². The maximum absolute atomic E-state index is 11.4. The molecular weight excluding hydrogens is 140 g/mol. The molecule has 3 heteroatoms. The van der Waals surface area contributed by atoms with E-state index in [1.807, 2.05) is 19.3 Å². The number of hydrogen-bond acceptors (Lipinski definition) is 1. The molecule has 2 heterocycles. The lowest BCUT2D eigenvalue weighted by molar-refractivity contribution is 0.0780. The van der Waals surface area contributed by atoms with Gasteiger partial charge in [0, 0.05) is 31.9 Å². The molecule has 1 amide bonds. The second kappa shape index (κ2) is 2.12. The summed E-state index contributed by atoms with van der Waals surface area (Å²) in [6.07, 6.45) is 2.77. The fraction of sp³-hybridized carbons (Fsp3) is 0.375. The Bertz CT molecular complexity index is 290. The maximum atomic E-state index is 11.4. The molecule has 0 fully saturated rings. The minimum absolute atomic E-state index is 0.132. The van der Waals surface area contributed by atoms with E-state index in [1.165, 1.54) is 0 Å². The normalized spacial score (nSPS) is 16.8. The number of carbonyl (C=O) groups is 1. The summed E-state index contributed by atoms with van der Waals surface area (Å²) < 4.78 is 0. The summed E-state index contributed by atoms with van der Waals surface area (Å²) in [5, 5.41) is 0. The molecule has 11 heavy (non-hydrogen) atoms. The summed E-state index contributed by atoms with van der Waals surface area (Å²) in [5.74, 6) is 0.132. The van der Waals surface area contributed by atoms with Crippen molar-refractivity contribution in [1.82, 2.24) is 9.88 Å². The Morgan fingerprint density at radius 3 is 3.27 bits per heavy atom. The Balaban J connectivity index is 2.46. The SMILES string of the molecule is CN1CCc2[nH]ccc2C1=O. The molecule has 3 nitrogen and oxygen atoms in total. The van der Waals surface area contributed by atoms with Crippen LogP contribution in [0.4, 0.5) is 0 Å². The van der Waals surface area contributed by atoms with Gasteiger partial charge in [-0.1, -0.05) is 0 Å². The predicted molar refractivity (Wildman–Crippen MR) is 41.5 cm³/mol. The quantitative estimate of drug-likeness (QED) is 0.579. The number of fused-ring (bicyclic) bond motifs is 1. The number of aromatic nitrogens is 1. The monoisotopic (exact) mass is 150 g/mol. The van der Waals surface area contributed by atoms with Crippen LogP contribution in [0.5, 0.6) is 0 Å². The van der Waals surface area contributed by atoms with Crippen molar-refractivity contribution in [2.75, 3.05) is 13.6 Å². The maximum Gasteiger partial charge on any atom is 0.255 e. The first-order valence-electron chi connectivity index (χ1n) is 3.71. The number of aromatic amines is 1. The van der Waals surface area contributed by atoms with Crippen molar-refractivity contribution in [3.05, 3.63) is 23.5 Å². The van der Waals surface area contributed by atoms with Gasteiger partial charge in [0.1, 0.15) is 0 Å². The van der Waals surface area contributed by atoms with Crippen molar-refractivity contribution in [3.63, 3.8) is 0 Å². The van der Waals surface area contributed by atoms with Crippen molar-refractivity contribution in [3.8, 4) is 0 Å². The van der Waals surface area contributed by atoms with E-state index in [4.69, 9.17) is 0 Å². The Morgan fingerprint density at radius 1 is 1.64 bits per heavy atom. The summed E-state index contributed by atoms with van der Waals surface area (Å²) in [5.41, 5.74) is 1.91. The number of carbonyl (C=O) groups excluding carboxylic acids is 1. The zero-order valence-corrected chi connectivity index (χ0v) is 6.42. The summed E-state index contributed by atoms with van der Waals surface area (Å²) in [7, 11) is 1.83. The van der Waals surface area contributed by atoms with Gasteiger partial charge in [0.15, 0.2) is 0 Å². The van der Waals surface area contributed by atoms with Crippen LogP contribution in [-0.2, 0) is 6.42 Å². The lowest BCUT2D eigenvalue weighted by Gasteiger charge is -2.21. The molecule has 58 valence electrons. The van der Waals surface area contributed by atoms with E-state index in [2.05, 4.69) is 4.98 Å². The molecule has 0 aromatic carbocycles. The predicted octanol–water partition coefficient (Wildman–Crippen LogP) is 0.643. The third-order valence-electron chi connectivity index (χ3n) is 2.11. The van der Waals surface area contributed by atoms with Crippen LogP contribution >= 0.6 is 0 Å². The summed E-state index contributed by atoms with van der Waals surface area (Å²) >= 11 is 0. The minimum atomic E-state index is 0.132. The Kier molecular flexibility index (Phi) is 1.24.